The van der Waals surface area contributed by atoms with Crippen LogP contribution in [0.2, 0.25) is 0 Å². The SMILES string of the molecule is C[C@H](NC(=O)c1cn[nH]n1)C(=O)O. The van der Waals surface area contributed by atoms with Crippen molar-refractivity contribution in [2.24, 2.45) is 0 Å². The van der Waals surface area contributed by atoms with Gasteiger partial charge in [0.05, 0.1) is 6.20 Å². The first kappa shape index (κ1) is 9.17. The lowest BCUT2D eigenvalue weighted by Gasteiger charge is -2.06. The van der Waals surface area contributed by atoms with Gasteiger partial charge in [0, 0.05) is 0 Å². The monoisotopic (exact) mass is 184 g/mol. The van der Waals surface area contributed by atoms with Crippen molar-refractivity contribution in [3.05, 3.63) is 11.9 Å². The summed E-state index contributed by atoms with van der Waals surface area (Å²) in [6.07, 6.45) is 1.21. The quantitative estimate of drug-likeness (QED) is 0.558. The number of carbonyl (C=O) groups excluding carboxylic acids is 1. The molecule has 7 heteroatoms. The van der Waals surface area contributed by atoms with E-state index in [1.54, 1.807) is 0 Å². The number of aliphatic carboxylic acids is 1. The van der Waals surface area contributed by atoms with Crippen molar-refractivity contribution < 1.29 is 14.7 Å². The number of carboxylic acid groups (broad SMARTS) is 1. The van der Waals surface area contributed by atoms with Gasteiger partial charge in [-0.3, -0.25) is 9.59 Å². The first-order valence-electron chi connectivity index (χ1n) is 3.50. The number of hydrogen-bond donors (Lipinski definition) is 3. The zero-order valence-electron chi connectivity index (χ0n) is 6.81. The molecule has 3 N–H and O–H groups in total. The van der Waals surface area contributed by atoms with Crippen LogP contribution in [0.5, 0.6) is 0 Å². The Bertz CT molecular complexity index is 308. The summed E-state index contributed by atoms with van der Waals surface area (Å²) in [4.78, 5) is 21.5. The number of H-pyrrole nitrogens is 1. The molecular weight excluding hydrogens is 176 g/mol. The fourth-order valence-corrected chi connectivity index (χ4v) is 0.643. The fraction of sp³-hybridized carbons (Fsp3) is 0.333. The molecule has 0 bridgehead atoms. The minimum atomic E-state index is -1.10. The molecule has 0 aliphatic carbocycles. The van der Waals surface area contributed by atoms with Crippen LogP contribution in [0, 0.1) is 0 Å². The molecule has 0 aliphatic rings. The predicted octanol–water partition coefficient (Wildman–Crippen LogP) is -0.992. The number of carboxylic acids is 1. The average molecular weight is 184 g/mol. The molecule has 1 atom stereocenters. The number of nitrogens with one attached hydrogen (secondary N) is 2. The molecule has 1 heterocycles. The highest BCUT2D eigenvalue weighted by Gasteiger charge is 2.16. The fourth-order valence-electron chi connectivity index (χ4n) is 0.643. The van der Waals surface area contributed by atoms with Gasteiger partial charge in [0.25, 0.3) is 5.91 Å². The molecule has 0 spiro atoms. The lowest BCUT2D eigenvalue weighted by atomic mass is 10.3. The standard InChI is InChI=1S/C6H8N4O3/c1-3(6(12)13)8-5(11)4-2-7-10-9-4/h2-3H,1H3,(H,8,11)(H,12,13)(H,7,9,10)/t3-/m0/s1. The van der Waals surface area contributed by atoms with E-state index < -0.39 is 17.9 Å². The second-order valence-electron chi connectivity index (χ2n) is 2.39. The smallest absolute Gasteiger partial charge is 0.325 e. The van der Waals surface area contributed by atoms with Crippen molar-refractivity contribution in [1.82, 2.24) is 20.7 Å². The molecule has 1 rings (SSSR count). The highest BCUT2D eigenvalue weighted by Crippen LogP contribution is 1.90. The van der Waals surface area contributed by atoms with Gasteiger partial charge in [-0.05, 0) is 6.92 Å². The molecule has 0 aromatic carbocycles. The summed E-state index contributed by atoms with van der Waals surface area (Å²) in [5.74, 6) is -1.67. The first-order valence-corrected chi connectivity index (χ1v) is 3.50. The third-order valence-electron chi connectivity index (χ3n) is 1.37. The Hall–Kier alpha value is -1.92. The van der Waals surface area contributed by atoms with Crippen LogP contribution < -0.4 is 5.32 Å². The van der Waals surface area contributed by atoms with Crippen LogP contribution in [0.3, 0.4) is 0 Å². The lowest BCUT2D eigenvalue weighted by Crippen LogP contribution is -2.38. The zero-order chi connectivity index (χ0) is 9.84. The van der Waals surface area contributed by atoms with Gasteiger partial charge in [-0.25, -0.2) is 0 Å². The van der Waals surface area contributed by atoms with E-state index in [9.17, 15) is 9.59 Å². The van der Waals surface area contributed by atoms with Crippen molar-refractivity contribution in [2.75, 3.05) is 0 Å². The molecule has 7 nitrogen and oxygen atoms in total. The Labute approximate surface area is 73.1 Å². The summed E-state index contributed by atoms with van der Waals surface area (Å²) in [6.45, 7) is 1.36. The van der Waals surface area contributed by atoms with Crippen LogP contribution in [-0.4, -0.2) is 38.4 Å². The van der Waals surface area contributed by atoms with E-state index in [0.717, 1.165) is 0 Å². The molecule has 0 unspecified atom stereocenters. The zero-order valence-corrected chi connectivity index (χ0v) is 6.81. The van der Waals surface area contributed by atoms with Gasteiger partial charge in [0.15, 0.2) is 5.69 Å². The van der Waals surface area contributed by atoms with Crippen LogP contribution >= 0.6 is 0 Å². The summed E-state index contributed by atoms with van der Waals surface area (Å²) < 4.78 is 0. The number of amides is 1. The highest BCUT2D eigenvalue weighted by molar-refractivity contribution is 5.94. The van der Waals surface area contributed by atoms with Crippen LogP contribution in [0.25, 0.3) is 0 Å². The van der Waals surface area contributed by atoms with Gasteiger partial charge in [0.2, 0.25) is 0 Å². The largest absolute Gasteiger partial charge is 0.480 e. The molecule has 0 radical (unpaired) electrons. The maximum Gasteiger partial charge on any atom is 0.325 e. The third-order valence-corrected chi connectivity index (χ3v) is 1.37. The van der Waals surface area contributed by atoms with Gasteiger partial charge >= 0.3 is 5.97 Å². The molecule has 0 saturated heterocycles. The van der Waals surface area contributed by atoms with Crippen LogP contribution in [0.1, 0.15) is 17.4 Å². The number of rotatable bonds is 3. The molecule has 0 saturated carbocycles. The van der Waals surface area contributed by atoms with Crippen LogP contribution in [-0.2, 0) is 4.79 Å². The average Bonchev–Trinajstić information content (AvgIpc) is 2.55. The van der Waals surface area contributed by atoms with E-state index in [4.69, 9.17) is 5.11 Å². The van der Waals surface area contributed by atoms with Gasteiger partial charge in [-0.2, -0.15) is 15.4 Å². The van der Waals surface area contributed by atoms with Gasteiger partial charge < -0.3 is 10.4 Å². The molecule has 1 aromatic heterocycles. The van der Waals surface area contributed by atoms with Crippen LogP contribution in [0.15, 0.2) is 6.20 Å². The number of hydrogen-bond acceptors (Lipinski definition) is 4. The third kappa shape index (κ3) is 2.26. The Morgan fingerprint density at radius 3 is 2.85 bits per heavy atom. The summed E-state index contributed by atoms with van der Waals surface area (Å²) in [7, 11) is 0. The second-order valence-corrected chi connectivity index (χ2v) is 2.39. The van der Waals surface area contributed by atoms with Gasteiger partial charge in [-0.1, -0.05) is 0 Å². The normalized spacial score (nSPS) is 12.1. The molecule has 13 heavy (non-hydrogen) atoms. The lowest BCUT2D eigenvalue weighted by molar-refractivity contribution is -0.138. The van der Waals surface area contributed by atoms with E-state index in [1.807, 2.05) is 0 Å². The van der Waals surface area contributed by atoms with Gasteiger partial charge in [0.1, 0.15) is 6.04 Å². The number of aromatic amines is 1. The molecule has 0 aliphatic heterocycles. The Morgan fingerprint density at radius 2 is 2.38 bits per heavy atom. The van der Waals surface area contributed by atoms with Crippen molar-refractivity contribution in [3.63, 3.8) is 0 Å². The maximum atomic E-state index is 11.1. The minimum absolute atomic E-state index is 0.0631. The number of aromatic nitrogens is 3. The predicted molar refractivity (Wildman–Crippen MR) is 40.9 cm³/mol. The number of nitrogens with zero attached hydrogens (tertiary/aromatic N) is 2. The maximum absolute atomic E-state index is 11.1. The Kier molecular flexibility index (Phi) is 2.58. The van der Waals surface area contributed by atoms with E-state index in [0.29, 0.717) is 0 Å². The molecule has 1 aromatic rings. The summed E-state index contributed by atoms with van der Waals surface area (Å²) in [5.41, 5.74) is 0.0631. The van der Waals surface area contributed by atoms with E-state index in [-0.39, 0.29) is 5.69 Å². The summed E-state index contributed by atoms with van der Waals surface area (Å²) in [5, 5.41) is 19.8. The van der Waals surface area contributed by atoms with Gasteiger partial charge in [-0.15, -0.1) is 0 Å². The topological polar surface area (TPSA) is 108 Å². The van der Waals surface area contributed by atoms with Crippen molar-refractivity contribution in [3.8, 4) is 0 Å². The Balaban J connectivity index is 2.56. The van der Waals surface area contributed by atoms with Crippen LogP contribution in [0.4, 0.5) is 0 Å². The summed E-state index contributed by atoms with van der Waals surface area (Å²) in [6, 6.07) is -0.941. The van der Waals surface area contributed by atoms with Crippen molar-refractivity contribution in [2.45, 2.75) is 13.0 Å². The summed E-state index contributed by atoms with van der Waals surface area (Å²) >= 11 is 0. The molecule has 1 amide bonds. The van der Waals surface area contributed by atoms with E-state index >= 15 is 0 Å². The van der Waals surface area contributed by atoms with E-state index in [2.05, 4.69) is 20.7 Å². The van der Waals surface area contributed by atoms with Crippen molar-refractivity contribution in [1.29, 1.82) is 0 Å². The molecule has 70 valence electrons. The number of carbonyl (C=O) groups is 2. The first-order chi connectivity index (χ1) is 6.11. The van der Waals surface area contributed by atoms with Crippen molar-refractivity contribution >= 4 is 11.9 Å². The molecule has 0 fully saturated rings. The minimum Gasteiger partial charge on any atom is -0.480 e. The molecular formula is C6H8N4O3. The Morgan fingerprint density at radius 1 is 1.69 bits per heavy atom. The van der Waals surface area contributed by atoms with E-state index in [1.165, 1.54) is 13.1 Å². The highest BCUT2D eigenvalue weighted by atomic mass is 16.4. The second kappa shape index (κ2) is 3.65.